The van der Waals surface area contributed by atoms with E-state index < -0.39 is 95.3 Å². The molecule has 0 aromatic heterocycles. The van der Waals surface area contributed by atoms with Crippen LogP contribution in [0.15, 0.2) is 12.2 Å². The van der Waals surface area contributed by atoms with Crippen molar-refractivity contribution in [3.63, 3.8) is 0 Å². The number of hydrogen-bond acceptors (Lipinski definition) is 0. The van der Waals surface area contributed by atoms with Crippen LogP contribution in [0.4, 0.5) is 136 Å². The standard InChI is InChI=1S/C16HF31/c17-1-2(18)3(19,20)4(21,22)5(23,24)6(25,26)7(27,28)8(29,30)9(31,32)10(33,34)11(35,36)12(37,38)13(39,40)14(41,42)15(43,44)16(45,46)47/h1H. The maximum Gasteiger partial charge on any atom is 0.460 e. The molecule has 0 N–H and O–H groups in total. The first-order valence-corrected chi connectivity index (χ1v) is 9.68. The molecule has 0 aromatic rings. The molecule has 0 nitrogen and oxygen atoms in total. The van der Waals surface area contributed by atoms with Crippen molar-refractivity contribution in [2.45, 2.75) is 83.2 Å². The Morgan fingerprint density at radius 1 is 0.255 bits per heavy atom. The normalized spacial score (nSPS) is 17.4. The Hall–Kier alpha value is -2.43. The van der Waals surface area contributed by atoms with E-state index in [1.54, 1.807) is 0 Å². The highest BCUT2D eigenvalue weighted by molar-refractivity contribution is 5.22. The lowest BCUT2D eigenvalue weighted by Crippen LogP contribution is -2.79. The fourth-order valence-electron chi connectivity index (χ4n) is 2.57. The first kappa shape index (κ1) is 44.6. The molecule has 0 spiro atoms. The monoisotopic (exact) mass is 782 g/mol. The van der Waals surface area contributed by atoms with Gasteiger partial charge in [-0.25, -0.2) is 8.78 Å². The summed E-state index contributed by atoms with van der Waals surface area (Å²) >= 11 is 0. The van der Waals surface area contributed by atoms with E-state index in [1.807, 2.05) is 0 Å². The van der Waals surface area contributed by atoms with Gasteiger partial charge in [0.15, 0.2) is 0 Å². The van der Waals surface area contributed by atoms with E-state index in [2.05, 4.69) is 0 Å². The summed E-state index contributed by atoms with van der Waals surface area (Å²) in [6.07, 6.45) is -10.9. The SMILES string of the molecule is FC=C(F)C(F)(F)C(F)(F)C(F)(F)C(F)(F)C(F)(F)C(F)(F)C(F)(F)C(F)(F)C(F)(F)C(F)(F)C(F)(F)C(F)(F)C(F)(F)C(F)(F)F. The van der Waals surface area contributed by atoms with Gasteiger partial charge in [-0.3, -0.25) is 0 Å². The molecule has 0 atom stereocenters. The van der Waals surface area contributed by atoms with Crippen LogP contribution in [0.25, 0.3) is 0 Å². The van der Waals surface area contributed by atoms with Crippen LogP contribution in [-0.2, 0) is 0 Å². The van der Waals surface area contributed by atoms with E-state index in [0.717, 1.165) is 0 Å². The molecular formula is C16HF31. The maximum absolute atomic E-state index is 13.7. The molecule has 0 aromatic carbocycles. The van der Waals surface area contributed by atoms with Gasteiger partial charge < -0.3 is 0 Å². The van der Waals surface area contributed by atoms with Crippen molar-refractivity contribution in [1.29, 1.82) is 0 Å². The summed E-state index contributed by atoms with van der Waals surface area (Å²) in [5.41, 5.74) is 0. The van der Waals surface area contributed by atoms with Gasteiger partial charge in [0, 0.05) is 0 Å². The summed E-state index contributed by atoms with van der Waals surface area (Å²) in [5, 5.41) is 0. The van der Waals surface area contributed by atoms with Crippen LogP contribution in [0.2, 0.25) is 0 Å². The minimum absolute atomic E-state index is 2.57. The molecule has 0 saturated carbocycles. The molecule has 31 heteroatoms. The number of halogens is 31. The summed E-state index contributed by atoms with van der Waals surface area (Å²) in [4.78, 5) is 0. The molecule has 0 aliphatic rings. The largest absolute Gasteiger partial charge is 0.460 e. The van der Waals surface area contributed by atoms with Crippen molar-refractivity contribution in [3.05, 3.63) is 12.2 Å². The molecule has 0 rings (SSSR count). The molecule has 0 unspecified atom stereocenters. The molecule has 0 saturated heterocycles. The molecule has 0 aliphatic heterocycles. The van der Waals surface area contributed by atoms with Crippen LogP contribution < -0.4 is 0 Å². The Bertz CT molecular complexity index is 1180. The number of allylic oxidation sites excluding steroid dienone is 1. The molecule has 47 heavy (non-hydrogen) atoms. The summed E-state index contributed by atoms with van der Waals surface area (Å²) < 4.78 is 408. The Labute approximate surface area is 233 Å². The van der Waals surface area contributed by atoms with E-state index in [1.165, 1.54) is 0 Å². The number of rotatable bonds is 13. The molecule has 0 bridgehead atoms. The highest BCUT2D eigenvalue weighted by Crippen LogP contribution is 2.69. The summed E-state index contributed by atoms with van der Waals surface area (Å²) in [6, 6.07) is 0. The average Bonchev–Trinajstić information content (AvgIpc) is 2.85. The Morgan fingerprint density at radius 2 is 0.404 bits per heavy atom. The van der Waals surface area contributed by atoms with Gasteiger partial charge in [-0.2, -0.15) is 127 Å². The zero-order valence-corrected chi connectivity index (χ0v) is 19.8. The quantitative estimate of drug-likeness (QED) is 0.163. The van der Waals surface area contributed by atoms with Gasteiger partial charge in [0.05, 0.1) is 0 Å². The minimum Gasteiger partial charge on any atom is -0.212 e. The van der Waals surface area contributed by atoms with Crippen molar-refractivity contribution in [2.75, 3.05) is 0 Å². The second-order valence-electron chi connectivity index (χ2n) is 8.42. The molecule has 0 heterocycles. The van der Waals surface area contributed by atoms with Crippen molar-refractivity contribution >= 4 is 0 Å². The zero-order chi connectivity index (χ0) is 39.3. The van der Waals surface area contributed by atoms with E-state index in [0.29, 0.717) is 0 Å². The summed E-state index contributed by atoms with van der Waals surface area (Å²) in [6.45, 7) is 0. The smallest absolute Gasteiger partial charge is 0.212 e. The lowest BCUT2D eigenvalue weighted by molar-refractivity contribution is -0.487. The average molecular weight is 782 g/mol. The maximum atomic E-state index is 13.7. The lowest BCUT2D eigenvalue weighted by atomic mass is 9.83. The van der Waals surface area contributed by atoms with Crippen LogP contribution in [0.1, 0.15) is 0 Å². The molecular weight excluding hydrogens is 781 g/mol. The zero-order valence-electron chi connectivity index (χ0n) is 19.8. The predicted octanol–water partition coefficient (Wildman–Crippen LogP) is 10.6. The van der Waals surface area contributed by atoms with Gasteiger partial charge in [0.2, 0.25) is 5.83 Å². The van der Waals surface area contributed by atoms with Crippen LogP contribution in [0, 0.1) is 0 Å². The third kappa shape index (κ3) is 5.01. The van der Waals surface area contributed by atoms with Gasteiger partial charge in [-0.15, -0.1) is 0 Å². The Balaban J connectivity index is 7.61. The second kappa shape index (κ2) is 10.8. The third-order valence-electron chi connectivity index (χ3n) is 5.48. The third-order valence-corrected chi connectivity index (χ3v) is 5.48. The summed E-state index contributed by atoms with van der Waals surface area (Å²) in [5.74, 6) is -128. The minimum atomic E-state index is -10.0. The number of alkyl halides is 29. The highest BCUT2D eigenvalue weighted by Gasteiger charge is 3.01. The summed E-state index contributed by atoms with van der Waals surface area (Å²) in [7, 11) is 0. The van der Waals surface area contributed by atoms with Crippen LogP contribution >= 0.6 is 0 Å². The van der Waals surface area contributed by atoms with E-state index >= 15 is 0 Å². The van der Waals surface area contributed by atoms with Gasteiger partial charge in [-0.05, 0) is 0 Å². The first-order valence-electron chi connectivity index (χ1n) is 9.68. The van der Waals surface area contributed by atoms with Crippen molar-refractivity contribution < 1.29 is 136 Å². The van der Waals surface area contributed by atoms with Crippen molar-refractivity contribution in [2.24, 2.45) is 0 Å². The topological polar surface area (TPSA) is 0 Å². The molecule has 0 amide bonds. The second-order valence-corrected chi connectivity index (χ2v) is 8.42. The van der Waals surface area contributed by atoms with Crippen LogP contribution in [-0.4, -0.2) is 83.2 Å². The number of hydrogen-bond donors (Lipinski definition) is 0. The van der Waals surface area contributed by atoms with Gasteiger partial charge in [0.1, 0.15) is 6.33 Å². The molecule has 0 aliphatic carbocycles. The van der Waals surface area contributed by atoms with Crippen LogP contribution in [0.5, 0.6) is 0 Å². The molecule has 0 fully saturated rings. The lowest BCUT2D eigenvalue weighted by Gasteiger charge is -2.46. The molecule has 282 valence electrons. The first-order chi connectivity index (χ1) is 19.7. The Kier molecular flexibility index (Phi) is 10.2. The van der Waals surface area contributed by atoms with E-state index in [4.69, 9.17) is 0 Å². The van der Waals surface area contributed by atoms with Crippen molar-refractivity contribution in [3.8, 4) is 0 Å². The fraction of sp³-hybridized carbons (Fsp3) is 0.875. The van der Waals surface area contributed by atoms with Gasteiger partial charge in [-0.1, -0.05) is 0 Å². The van der Waals surface area contributed by atoms with Crippen LogP contribution in [0.3, 0.4) is 0 Å². The van der Waals surface area contributed by atoms with Gasteiger partial charge in [0.25, 0.3) is 0 Å². The Morgan fingerprint density at radius 3 is 0.553 bits per heavy atom. The molecule has 0 radical (unpaired) electrons. The highest BCUT2D eigenvalue weighted by atomic mass is 19.4. The van der Waals surface area contributed by atoms with E-state index in [9.17, 15) is 136 Å². The fourth-order valence-corrected chi connectivity index (χ4v) is 2.57. The predicted molar refractivity (Wildman–Crippen MR) is 80.7 cm³/mol. The van der Waals surface area contributed by atoms with Crippen molar-refractivity contribution in [1.82, 2.24) is 0 Å². The van der Waals surface area contributed by atoms with E-state index in [-0.39, 0.29) is 0 Å². The van der Waals surface area contributed by atoms with Gasteiger partial charge >= 0.3 is 83.2 Å².